The monoisotopic (exact) mass is 329 g/mol. The maximum absolute atomic E-state index is 5.89. The lowest BCUT2D eigenvalue weighted by molar-refractivity contribution is 0.133. The highest BCUT2D eigenvalue weighted by molar-refractivity contribution is 5.95. The number of hydrazone groups is 1. The molecule has 0 aliphatic carbocycles. The minimum absolute atomic E-state index is 0.134. The minimum Gasteiger partial charge on any atom is -0.490 e. The van der Waals surface area contributed by atoms with Crippen LogP contribution in [-0.2, 0) is 0 Å². The summed E-state index contributed by atoms with van der Waals surface area (Å²) in [5.41, 5.74) is 5.98. The molecule has 0 amide bonds. The van der Waals surface area contributed by atoms with Crippen LogP contribution >= 0.6 is 0 Å². The highest BCUT2D eigenvalue weighted by Gasteiger charge is 2.46. The largest absolute Gasteiger partial charge is 0.490 e. The molecule has 5 heteroatoms. The summed E-state index contributed by atoms with van der Waals surface area (Å²) in [7, 11) is 0. The zero-order valence-electron chi connectivity index (χ0n) is 14.8. The molecule has 1 aromatic carbocycles. The van der Waals surface area contributed by atoms with Crippen LogP contribution in [0.3, 0.4) is 0 Å². The first-order valence-corrected chi connectivity index (χ1v) is 9.17. The molecular formula is C19H27N3O2. The van der Waals surface area contributed by atoms with Gasteiger partial charge in [-0.2, -0.15) is 5.10 Å². The molecular weight excluding hydrogens is 302 g/mol. The van der Waals surface area contributed by atoms with Crippen molar-refractivity contribution in [2.24, 2.45) is 11.0 Å². The van der Waals surface area contributed by atoms with Crippen molar-refractivity contribution in [1.82, 2.24) is 10.3 Å². The molecule has 0 radical (unpaired) electrons. The van der Waals surface area contributed by atoms with Crippen molar-refractivity contribution in [2.75, 3.05) is 19.7 Å². The Balaban J connectivity index is 1.61. The summed E-state index contributed by atoms with van der Waals surface area (Å²) in [6.07, 6.45) is 2.65. The molecule has 3 saturated heterocycles. The van der Waals surface area contributed by atoms with E-state index in [0.717, 1.165) is 11.5 Å². The predicted molar refractivity (Wildman–Crippen MR) is 94.8 cm³/mol. The van der Waals surface area contributed by atoms with Crippen molar-refractivity contribution in [3.63, 3.8) is 0 Å². The van der Waals surface area contributed by atoms with Crippen molar-refractivity contribution in [2.45, 2.75) is 51.8 Å². The molecule has 4 aliphatic heterocycles. The third kappa shape index (κ3) is 2.65. The number of benzene rings is 1. The summed E-state index contributed by atoms with van der Waals surface area (Å²) in [4.78, 5) is 2.59. The Hall–Kier alpha value is -1.75. The normalized spacial score (nSPS) is 30.8. The van der Waals surface area contributed by atoms with Crippen LogP contribution in [0.2, 0.25) is 0 Å². The van der Waals surface area contributed by atoms with Crippen molar-refractivity contribution in [1.29, 1.82) is 0 Å². The van der Waals surface area contributed by atoms with Crippen LogP contribution in [0.4, 0.5) is 0 Å². The second-order valence-corrected chi connectivity index (χ2v) is 7.20. The third-order valence-corrected chi connectivity index (χ3v) is 5.28. The first-order valence-electron chi connectivity index (χ1n) is 9.17. The highest BCUT2D eigenvalue weighted by atomic mass is 16.5. The topological polar surface area (TPSA) is 46.1 Å². The standard InChI is InChI=1S/C19H27N3O2/c1-4-23-16-11-14(5-6-15(16)24-12(2)3)18-19-17(20-21-18)13-7-9-22(19)10-8-13/h5-6,11-13,18-19,21H,4,7-10H2,1-3H3. The van der Waals surface area contributed by atoms with Gasteiger partial charge in [-0.25, -0.2) is 0 Å². The van der Waals surface area contributed by atoms with Gasteiger partial charge in [0.25, 0.3) is 0 Å². The average Bonchev–Trinajstić information content (AvgIpc) is 3.04. The van der Waals surface area contributed by atoms with E-state index in [2.05, 4.69) is 22.5 Å². The smallest absolute Gasteiger partial charge is 0.161 e. The molecule has 130 valence electrons. The summed E-state index contributed by atoms with van der Waals surface area (Å²) in [6.45, 7) is 9.10. The fourth-order valence-electron chi connectivity index (χ4n) is 4.25. The van der Waals surface area contributed by atoms with Crippen LogP contribution in [0.1, 0.15) is 45.2 Å². The van der Waals surface area contributed by atoms with Gasteiger partial charge < -0.3 is 14.9 Å². The second kappa shape index (κ2) is 6.28. The van der Waals surface area contributed by atoms with E-state index in [9.17, 15) is 0 Å². The Morgan fingerprint density at radius 1 is 1.25 bits per heavy atom. The molecule has 4 heterocycles. The molecule has 5 rings (SSSR count). The van der Waals surface area contributed by atoms with Gasteiger partial charge in [0.05, 0.1) is 30.5 Å². The lowest BCUT2D eigenvalue weighted by Gasteiger charge is -2.45. The third-order valence-electron chi connectivity index (χ3n) is 5.28. The average molecular weight is 329 g/mol. The highest BCUT2D eigenvalue weighted by Crippen LogP contribution is 2.40. The zero-order valence-corrected chi connectivity index (χ0v) is 14.8. The van der Waals surface area contributed by atoms with Gasteiger partial charge in [0, 0.05) is 5.92 Å². The molecule has 2 unspecified atom stereocenters. The summed E-state index contributed by atoms with van der Waals surface area (Å²) in [5, 5.41) is 4.70. The van der Waals surface area contributed by atoms with Gasteiger partial charge in [-0.05, 0) is 64.4 Å². The van der Waals surface area contributed by atoms with E-state index < -0.39 is 0 Å². The van der Waals surface area contributed by atoms with Gasteiger partial charge >= 0.3 is 0 Å². The summed E-state index contributed by atoms with van der Waals surface area (Å²) in [6, 6.07) is 6.94. The van der Waals surface area contributed by atoms with Gasteiger partial charge in [0.2, 0.25) is 0 Å². The van der Waals surface area contributed by atoms with Crippen molar-refractivity contribution < 1.29 is 9.47 Å². The molecule has 3 fully saturated rings. The van der Waals surface area contributed by atoms with E-state index in [1.807, 2.05) is 26.8 Å². The van der Waals surface area contributed by atoms with Crippen LogP contribution in [0.15, 0.2) is 23.3 Å². The minimum atomic E-state index is 0.134. The van der Waals surface area contributed by atoms with Crippen molar-refractivity contribution in [3.8, 4) is 11.5 Å². The predicted octanol–water partition coefficient (Wildman–Crippen LogP) is 2.97. The maximum Gasteiger partial charge on any atom is 0.161 e. The van der Waals surface area contributed by atoms with E-state index in [4.69, 9.17) is 14.6 Å². The lowest BCUT2D eigenvalue weighted by atomic mass is 9.78. The fourth-order valence-corrected chi connectivity index (χ4v) is 4.25. The molecule has 4 aliphatic rings. The van der Waals surface area contributed by atoms with E-state index >= 15 is 0 Å². The molecule has 1 aromatic rings. The first kappa shape index (κ1) is 15.8. The number of fused-ring (bicyclic) bond motifs is 2. The Labute approximate surface area is 144 Å². The number of nitrogens with one attached hydrogen (secondary N) is 1. The Kier molecular flexibility index (Phi) is 4.12. The lowest BCUT2D eigenvalue weighted by Crippen LogP contribution is -2.56. The number of ether oxygens (including phenoxy) is 2. The van der Waals surface area contributed by atoms with Crippen LogP contribution in [0.5, 0.6) is 11.5 Å². The number of piperidine rings is 3. The van der Waals surface area contributed by atoms with Crippen LogP contribution in [0.25, 0.3) is 0 Å². The molecule has 1 N–H and O–H groups in total. The van der Waals surface area contributed by atoms with E-state index in [0.29, 0.717) is 18.6 Å². The van der Waals surface area contributed by atoms with Gasteiger partial charge in [-0.1, -0.05) is 6.07 Å². The number of rotatable bonds is 5. The van der Waals surface area contributed by atoms with Gasteiger partial charge in [-0.3, -0.25) is 4.90 Å². The van der Waals surface area contributed by atoms with Gasteiger partial charge in [0.15, 0.2) is 11.5 Å². The van der Waals surface area contributed by atoms with Crippen molar-refractivity contribution in [3.05, 3.63) is 23.8 Å². The summed E-state index contributed by atoms with van der Waals surface area (Å²) in [5.74, 6) is 2.32. The molecule has 2 bridgehead atoms. The quantitative estimate of drug-likeness (QED) is 0.902. The Morgan fingerprint density at radius 2 is 2.04 bits per heavy atom. The fraction of sp³-hybridized carbons (Fsp3) is 0.632. The molecule has 5 nitrogen and oxygen atoms in total. The number of hydrogen-bond donors (Lipinski definition) is 1. The summed E-state index contributed by atoms with van der Waals surface area (Å²) >= 11 is 0. The Morgan fingerprint density at radius 3 is 2.75 bits per heavy atom. The summed E-state index contributed by atoms with van der Waals surface area (Å²) < 4.78 is 11.7. The van der Waals surface area contributed by atoms with Crippen LogP contribution in [0, 0.1) is 5.92 Å². The van der Waals surface area contributed by atoms with E-state index in [1.165, 1.54) is 37.2 Å². The molecule has 24 heavy (non-hydrogen) atoms. The van der Waals surface area contributed by atoms with E-state index in [-0.39, 0.29) is 12.1 Å². The SMILES string of the molecule is CCOc1cc(C2NN=C3C4CCN(CC4)C32)ccc1OC(C)C. The van der Waals surface area contributed by atoms with E-state index in [1.54, 1.807) is 0 Å². The van der Waals surface area contributed by atoms with Crippen molar-refractivity contribution >= 4 is 5.71 Å². The van der Waals surface area contributed by atoms with Crippen LogP contribution < -0.4 is 14.9 Å². The first-order chi connectivity index (χ1) is 11.7. The van der Waals surface area contributed by atoms with Gasteiger partial charge in [-0.15, -0.1) is 0 Å². The van der Waals surface area contributed by atoms with Crippen LogP contribution in [-0.4, -0.2) is 42.5 Å². The number of hydrogen-bond acceptors (Lipinski definition) is 5. The molecule has 0 saturated carbocycles. The number of nitrogens with zero attached hydrogens (tertiary/aromatic N) is 2. The maximum atomic E-state index is 5.89. The molecule has 0 aromatic heterocycles. The molecule has 0 spiro atoms. The van der Waals surface area contributed by atoms with Gasteiger partial charge in [0.1, 0.15) is 0 Å². The zero-order chi connectivity index (χ0) is 16.7. The second-order valence-electron chi connectivity index (χ2n) is 7.20. The molecule has 2 atom stereocenters. The Bertz CT molecular complexity index is 635.